The van der Waals surface area contributed by atoms with Gasteiger partial charge in [-0.15, -0.1) is 0 Å². The van der Waals surface area contributed by atoms with Crippen molar-refractivity contribution >= 4 is 32.6 Å². The number of benzene rings is 2. The van der Waals surface area contributed by atoms with Crippen LogP contribution in [-0.4, -0.2) is 10.8 Å². The summed E-state index contributed by atoms with van der Waals surface area (Å²) < 4.78 is 13.9. The first-order valence-corrected chi connectivity index (χ1v) is 6.79. The van der Waals surface area contributed by atoms with Gasteiger partial charge in [-0.2, -0.15) is 0 Å². The van der Waals surface area contributed by atoms with E-state index < -0.39 is 5.82 Å². The van der Waals surface area contributed by atoms with Crippen molar-refractivity contribution in [2.75, 3.05) is 0 Å². The van der Waals surface area contributed by atoms with Crippen LogP contribution in [0.4, 0.5) is 4.39 Å². The van der Waals surface area contributed by atoms with Crippen molar-refractivity contribution < 1.29 is 9.18 Å². The molecule has 0 unspecified atom stereocenters. The van der Waals surface area contributed by atoms with Crippen molar-refractivity contribution in [1.82, 2.24) is 4.98 Å². The lowest BCUT2D eigenvalue weighted by atomic mass is 10.0. The minimum Gasteiger partial charge on any atom is -0.289 e. The van der Waals surface area contributed by atoms with Gasteiger partial charge in [0.1, 0.15) is 5.82 Å². The minimum atomic E-state index is -0.455. The van der Waals surface area contributed by atoms with Gasteiger partial charge in [0.2, 0.25) is 0 Å². The number of hydrogen-bond donors (Lipinski definition) is 0. The van der Waals surface area contributed by atoms with Gasteiger partial charge >= 0.3 is 0 Å². The number of fused-ring (bicyclic) bond motifs is 1. The van der Waals surface area contributed by atoms with Crippen molar-refractivity contribution in [1.29, 1.82) is 0 Å². The molecule has 0 N–H and O–H groups in total. The molecule has 3 rings (SSSR count). The molecule has 0 bridgehead atoms. The fourth-order valence-electron chi connectivity index (χ4n) is 2.08. The maximum absolute atomic E-state index is 13.6. The number of aromatic nitrogens is 1. The van der Waals surface area contributed by atoms with E-state index in [1.54, 1.807) is 24.4 Å². The molecule has 0 spiro atoms. The summed E-state index contributed by atoms with van der Waals surface area (Å²) in [4.78, 5) is 16.7. The van der Waals surface area contributed by atoms with E-state index in [0.29, 0.717) is 21.1 Å². The van der Waals surface area contributed by atoms with Crippen molar-refractivity contribution in [3.63, 3.8) is 0 Å². The molecule has 0 amide bonds. The first-order valence-electron chi connectivity index (χ1n) is 6.00. The molecule has 0 saturated carbocycles. The van der Waals surface area contributed by atoms with E-state index in [9.17, 15) is 9.18 Å². The molecule has 1 aromatic heterocycles. The topological polar surface area (TPSA) is 30.0 Å². The van der Waals surface area contributed by atoms with Crippen molar-refractivity contribution in [3.05, 3.63) is 76.1 Å². The predicted molar refractivity (Wildman–Crippen MR) is 79.3 cm³/mol. The second-order valence-corrected chi connectivity index (χ2v) is 5.19. The van der Waals surface area contributed by atoms with Crippen LogP contribution in [0, 0.1) is 5.82 Å². The Labute approximate surface area is 123 Å². The number of pyridine rings is 1. The van der Waals surface area contributed by atoms with Crippen LogP contribution in [0.15, 0.2) is 59.2 Å². The third kappa shape index (κ3) is 2.23. The Morgan fingerprint density at radius 2 is 1.90 bits per heavy atom. The van der Waals surface area contributed by atoms with Gasteiger partial charge in [0.15, 0.2) is 5.78 Å². The van der Waals surface area contributed by atoms with Crippen LogP contribution in [0.3, 0.4) is 0 Å². The zero-order valence-electron chi connectivity index (χ0n) is 10.3. The highest BCUT2D eigenvalue weighted by molar-refractivity contribution is 9.10. The Morgan fingerprint density at radius 3 is 2.70 bits per heavy atom. The van der Waals surface area contributed by atoms with Crippen LogP contribution < -0.4 is 0 Å². The Balaban J connectivity index is 2.15. The number of hydrogen-bond acceptors (Lipinski definition) is 2. The van der Waals surface area contributed by atoms with E-state index in [-0.39, 0.29) is 5.78 Å². The Morgan fingerprint density at radius 1 is 1.10 bits per heavy atom. The molecule has 2 nitrogen and oxygen atoms in total. The van der Waals surface area contributed by atoms with Gasteiger partial charge in [-0.05, 0) is 46.3 Å². The highest BCUT2D eigenvalue weighted by atomic mass is 79.9. The van der Waals surface area contributed by atoms with E-state index >= 15 is 0 Å². The lowest BCUT2D eigenvalue weighted by Gasteiger charge is -2.05. The van der Waals surface area contributed by atoms with E-state index in [1.807, 2.05) is 18.2 Å². The molecule has 20 heavy (non-hydrogen) atoms. The highest BCUT2D eigenvalue weighted by Crippen LogP contribution is 2.22. The number of ketones is 1. The first-order chi connectivity index (χ1) is 9.66. The summed E-state index contributed by atoms with van der Waals surface area (Å²) in [6.45, 7) is 0. The smallest absolute Gasteiger partial charge is 0.195 e. The molecule has 4 heteroatoms. The highest BCUT2D eigenvalue weighted by Gasteiger charge is 2.14. The maximum Gasteiger partial charge on any atom is 0.195 e. The van der Waals surface area contributed by atoms with Crippen LogP contribution in [-0.2, 0) is 0 Å². The van der Waals surface area contributed by atoms with Crippen molar-refractivity contribution in [3.8, 4) is 0 Å². The van der Waals surface area contributed by atoms with E-state index in [4.69, 9.17) is 0 Å². The number of para-hydroxylation sites is 1. The minimum absolute atomic E-state index is 0.235. The first kappa shape index (κ1) is 12.9. The van der Waals surface area contributed by atoms with Gasteiger partial charge in [0, 0.05) is 22.7 Å². The molecule has 0 radical (unpaired) electrons. The van der Waals surface area contributed by atoms with E-state index in [0.717, 1.165) is 5.39 Å². The summed E-state index contributed by atoms with van der Waals surface area (Å²) in [6.07, 6.45) is 1.64. The molecule has 2 aromatic carbocycles. The lowest BCUT2D eigenvalue weighted by molar-refractivity contribution is 0.103. The summed E-state index contributed by atoms with van der Waals surface area (Å²) in [5.74, 6) is -0.690. The summed E-state index contributed by atoms with van der Waals surface area (Å²) >= 11 is 3.08. The fraction of sp³-hybridized carbons (Fsp3) is 0. The molecular weight excluding hydrogens is 321 g/mol. The molecule has 0 aliphatic rings. The second kappa shape index (κ2) is 5.13. The van der Waals surface area contributed by atoms with Gasteiger partial charge in [-0.1, -0.05) is 18.2 Å². The van der Waals surface area contributed by atoms with Crippen LogP contribution >= 0.6 is 15.9 Å². The number of nitrogens with zero attached hydrogens (tertiary/aromatic N) is 1. The predicted octanol–water partition coefficient (Wildman–Crippen LogP) is 4.37. The monoisotopic (exact) mass is 329 g/mol. The SMILES string of the molecule is O=C(c1ccc(Br)c(F)c1)c1cccc2cccnc12. The molecule has 0 atom stereocenters. The van der Waals surface area contributed by atoms with Crippen LogP contribution in [0.5, 0.6) is 0 Å². The standard InChI is InChI=1S/C16H9BrFNO/c17-13-7-6-11(9-14(13)18)16(20)12-5-1-3-10-4-2-8-19-15(10)12/h1-9H. The van der Waals surface area contributed by atoms with Crippen molar-refractivity contribution in [2.45, 2.75) is 0 Å². The van der Waals surface area contributed by atoms with Gasteiger partial charge in [0.25, 0.3) is 0 Å². The van der Waals surface area contributed by atoms with Gasteiger partial charge in [-0.3, -0.25) is 9.78 Å². The molecule has 0 aliphatic carbocycles. The average Bonchev–Trinajstić information content (AvgIpc) is 2.49. The van der Waals surface area contributed by atoms with Crippen LogP contribution in [0.2, 0.25) is 0 Å². The van der Waals surface area contributed by atoms with E-state index in [1.165, 1.54) is 12.1 Å². The molecular formula is C16H9BrFNO. The normalized spacial score (nSPS) is 10.7. The Bertz CT molecular complexity index is 811. The van der Waals surface area contributed by atoms with E-state index in [2.05, 4.69) is 20.9 Å². The summed E-state index contributed by atoms with van der Waals surface area (Å²) in [5, 5.41) is 0.885. The molecule has 0 aliphatic heterocycles. The lowest BCUT2D eigenvalue weighted by Crippen LogP contribution is -2.03. The van der Waals surface area contributed by atoms with Crippen LogP contribution in [0.1, 0.15) is 15.9 Å². The van der Waals surface area contributed by atoms with Gasteiger partial charge in [0.05, 0.1) is 9.99 Å². The number of halogens is 2. The molecule has 98 valence electrons. The largest absolute Gasteiger partial charge is 0.289 e. The second-order valence-electron chi connectivity index (χ2n) is 4.34. The molecule has 0 saturated heterocycles. The summed E-state index contributed by atoms with van der Waals surface area (Å²) in [6, 6.07) is 13.5. The average molecular weight is 330 g/mol. The molecule has 3 aromatic rings. The Kier molecular flexibility index (Phi) is 3.32. The third-order valence-electron chi connectivity index (χ3n) is 3.06. The molecule has 1 heterocycles. The van der Waals surface area contributed by atoms with Crippen LogP contribution in [0.25, 0.3) is 10.9 Å². The quantitative estimate of drug-likeness (QED) is 0.653. The summed E-state index contributed by atoms with van der Waals surface area (Å²) in [7, 11) is 0. The Hall–Kier alpha value is -2.07. The summed E-state index contributed by atoms with van der Waals surface area (Å²) in [5.41, 5.74) is 1.41. The number of carbonyl (C=O) groups excluding carboxylic acids is 1. The number of carbonyl (C=O) groups is 1. The zero-order chi connectivity index (χ0) is 14.1. The number of rotatable bonds is 2. The van der Waals surface area contributed by atoms with Gasteiger partial charge < -0.3 is 0 Å². The maximum atomic E-state index is 13.6. The van der Waals surface area contributed by atoms with Gasteiger partial charge in [-0.25, -0.2) is 4.39 Å². The zero-order valence-corrected chi connectivity index (χ0v) is 11.9. The van der Waals surface area contributed by atoms with Crippen molar-refractivity contribution in [2.24, 2.45) is 0 Å². The fourth-order valence-corrected chi connectivity index (χ4v) is 2.33. The molecule has 0 fully saturated rings. The third-order valence-corrected chi connectivity index (χ3v) is 3.70.